The number of benzene rings is 1. The molecule has 2 rings (SSSR count). The number of hydrogen-bond donors (Lipinski definition) is 2. The first-order chi connectivity index (χ1) is 9.52. The van der Waals surface area contributed by atoms with Crippen molar-refractivity contribution in [1.29, 1.82) is 0 Å². The third-order valence-electron chi connectivity index (χ3n) is 2.79. The van der Waals surface area contributed by atoms with Crippen LogP contribution in [0.2, 0.25) is 5.02 Å². The highest BCUT2D eigenvalue weighted by molar-refractivity contribution is 6.30. The first-order valence-corrected chi connectivity index (χ1v) is 6.20. The zero-order chi connectivity index (χ0) is 14.7. The molecule has 20 heavy (non-hydrogen) atoms. The van der Waals surface area contributed by atoms with Crippen molar-refractivity contribution in [2.75, 3.05) is 7.11 Å². The molecule has 0 aliphatic rings. The van der Waals surface area contributed by atoms with Gasteiger partial charge in [0.1, 0.15) is 17.6 Å². The second kappa shape index (κ2) is 6.09. The summed E-state index contributed by atoms with van der Waals surface area (Å²) in [6.45, 7) is 0. The monoisotopic (exact) mass is 296 g/mol. The van der Waals surface area contributed by atoms with E-state index in [9.17, 15) is 15.0 Å². The van der Waals surface area contributed by atoms with Gasteiger partial charge in [0.25, 0.3) is 0 Å². The fraction of sp³-hybridized carbons (Fsp3) is 0.214. The number of ether oxygens (including phenoxy) is 1. The predicted molar refractivity (Wildman–Crippen MR) is 72.1 cm³/mol. The molecule has 0 fully saturated rings. The van der Waals surface area contributed by atoms with Crippen LogP contribution < -0.4 is 0 Å². The summed E-state index contributed by atoms with van der Waals surface area (Å²) in [7, 11) is 1.12. The summed E-state index contributed by atoms with van der Waals surface area (Å²) < 4.78 is 9.78. The van der Waals surface area contributed by atoms with Gasteiger partial charge in [-0.1, -0.05) is 11.6 Å². The topological polar surface area (TPSA) is 79.9 Å². The molecular weight excluding hydrogens is 284 g/mol. The standard InChI is InChI=1S/C14H13ClO5/c1-19-14(18)13(17)12(16)11-7-6-10(20-11)8-2-4-9(15)5-3-8/h2-7,12-13,16-17H,1H3. The lowest BCUT2D eigenvalue weighted by Crippen LogP contribution is -2.28. The number of furan rings is 1. The van der Waals surface area contributed by atoms with Crippen LogP contribution >= 0.6 is 11.6 Å². The number of hydrogen-bond acceptors (Lipinski definition) is 5. The van der Waals surface area contributed by atoms with E-state index in [0.29, 0.717) is 10.8 Å². The van der Waals surface area contributed by atoms with Gasteiger partial charge >= 0.3 is 5.97 Å². The number of carbonyl (C=O) groups excluding carboxylic acids is 1. The lowest BCUT2D eigenvalue weighted by molar-refractivity contribution is -0.157. The first kappa shape index (κ1) is 14.6. The molecule has 1 aromatic carbocycles. The molecule has 0 saturated heterocycles. The van der Waals surface area contributed by atoms with E-state index in [-0.39, 0.29) is 5.76 Å². The van der Waals surface area contributed by atoms with E-state index in [2.05, 4.69) is 4.74 Å². The van der Waals surface area contributed by atoms with Crippen LogP contribution in [-0.2, 0) is 9.53 Å². The number of aliphatic hydroxyl groups is 2. The number of carbonyl (C=O) groups is 1. The second-order valence-electron chi connectivity index (χ2n) is 4.12. The van der Waals surface area contributed by atoms with E-state index in [0.717, 1.165) is 12.7 Å². The highest BCUT2D eigenvalue weighted by Gasteiger charge is 2.29. The Balaban J connectivity index is 2.20. The summed E-state index contributed by atoms with van der Waals surface area (Å²) >= 11 is 5.79. The molecule has 1 aromatic heterocycles. The lowest BCUT2D eigenvalue weighted by atomic mass is 10.1. The Labute approximate surface area is 120 Å². The molecule has 0 bridgehead atoms. The van der Waals surface area contributed by atoms with Gasteiger partial charge in [-0.2, -0.15) is 0 Å². The van der Waals surface area contributed by atoms with Crippen LogP contribution in [0.3, 0.4) is 0 Å². The van der Waals surface area contributed by atoms with Gasteiger partial charge < -0.3 is 19.4 Å². The summed E-state index contributed by atoms with van der Waals surface area (Å²) in [5.74, 6) is -0.359. The van der Waals surface area contributed by atoms with Crippen molar-refractivity contribution in [2.45, 2.75) is 12.2 Å². The van der Waals surface area contributed by atoms with Gasteiger partial charge in [0.2, 0.25) is 0 Å². The fourth-order valence-corrected chi connectivity index (χ4v) is 1.81. The Morgan fingerprint density at radius 2 is 1.85 bits per heavy atom. The van der Waals surface area contributed by atoms with Gasteiger partial charge in [-0.05, 0) is 36.4 Å². The van der Waals surface area contributed by atoms with Gasteiger partial charge in [-0.25, -0.2) is 4.79 Å². The summed E-state index contributed by atoms with van der Waals surface area (Å²) in [4.78, 5) is 11.2. The number of halogens is 1. The highest BCUT2D eigenvalue weighted by Crippen LogP contribution is 2.27. The third-order valence-corrected chi connectivity index (χ3v) is 3.04. The molecule has 2 aromatic rings. The lowest BCUT2D eigenvalue weighted by Gasteiger charge is -2.13. The average molecular weight is 297 g/mol. The molecule has 106 valence electrons. The molecule has 1 heterocycles. The van der Waals surface area contributed by atoms with Crippen LogP contribution in [0.4, 0.5) is 0 Å². The molecule has 0 aliphatic carbocycles. The Morgan fingerprint density at radius 1 is 1.20 bits per heavy atom. The van der Waals surface area contributed by atoms with Crippen molar-refractivity contribution >= 4 is 17.6 Å². The number of esters is 1. The van der Waals surface area contributed by atoms with Crippen LogP contribution in [0.1, 0.15) is 11.9 Å². The quantitative estimate of drug-likeness (QED) is 0.845. The predicted octanol–water partition coefficient (Wildman–Crippen LogP) is 2.17. The van der Waals surface area contributed by atoms with Crippen LogP contribution in [0, 0.1) is 0 Å². The number of methoxy groups -OCH3 is 1. The van der Waals surface area contributed by atoms with Crippen LogP contribution in [0.5, 0.6) is 0 Å². The second-order valence-corrected chi connectivity index (χ2v) is 4.56. The minimum atomic E-state index is -1.69. The molecule has 0 amide bonds. The smallest absolute Gasteiger partial charge is 0.337 e. The number of aliphatic hydroxyl groups excluding tert-OH is 2. The zero-order valence-electron chi connectivity index (χ0n) is 10.6. The molecule has 0 radical (unpaired) electrons. The highest BCUT2D eigenvalue weighted by atomic mass is 35.5. The first-order valence-electron chi connectivity index (χ1n) is 5.82. The van der Waals surface area contributed by atoms with Crippen molar-refractivity contribution in [3.8, 4) is 11.3 Å². The Kier molecular flexibility index (Phi) is 4.44. The maximum Gasteiger partial charge on any atom is 0.337 e. The van der Waals surface area contributed by atoms with Gasteiger partial charge in [-0.3, -0.25) is 0 Å². The summed E-state index contributed by atoms with van der Waals surface area (Å²) in [6.07, 6.45) is -3.17. The van der Waals surface area contributed by atoms with E-state index in [1.807, 2.05) is 0 Å². The summed E-state index contributed by atoms with van der Waals surface area (Å²) in [5.41, 5.74) is 0.764. The number of rotatable bonds is 4. The summed E-state index contributed by atoms with van der Waals surface area (Å²) in [5, 5.41) is 20.0. The van der Waals surface area contributed by atoms with E-state index in [1.165, 1.54) is 6.07 Å². The Morgan fingerprint density at radius 3 is 2.45 bits per heavy atom. The molecule has 2 unspecified atom stereocenters. The average Bonchev–Trinajstić information content (AvgIpc) is 2.95. The van der Waals surface area contributed by atoms with Gasteiger partial charge in [0.15, 0.2) is 6.10 Å². The van der Waals surface area contributed by atoms with Gasteiger partial charge in [0, 0.05) is 10.6 Å². The minimum absolute atomic E-state index is 0.0767. The van der Waals surface area contributed by atoms with E-state index in [1.54, 1.807) is 30.3 Å². The third kappa shape index (κ3) is 3.01. The molecule has 0 saturated carbocycles. The molecule has 5 nitrogen and oxygen atoms in total. The SMILES string of the molecule is COC(=O)C(O)C(O)c1ccc(-c2ccc(Cl)cc2)o1. The van der Waals surface area contributed by atoms with Gasteiger partial charge in [-0.15, -0.1) is 0 Å². The minimum Gasteiger partial charge on any atom is -0.467 e. The largest absolute Gasteiger partial charge is 0.467 e. The molecule has 0 spiro atoms. The summed E-state index contributed by atoms with van der Waals surface area (Å²) in [6, 6.07) is 10.0. The zero-order valence-corrected chi connectivity index (χ0v) is 11.4. The Hall–Kier alpha value is -1.82. The van der Waals surface area contributed by atoms with Crippen molar-refractivity contribution in [3.05, 3.63) is 47.2 Å². The maximum atomic E-state index is 11.2. The van der Waals surface area contributed by atoms with E-state index < -0.39 is 18.2 Å². The van der Waals surface area contributed by atoms with Crippen molar-refractivity contribution in [1.82, 2.24) is 0 Å². The normalized spacial score (nSPS) is 13.8. The van der Waals surface area contributed by atoms with Crippen molar-refractivity contribution in [2.24, 2.45) is 0 Å². The van der Waals surface area contributed by atoms with Crippen LogP contribution in [0.15, 0.2) is 40.8 Å². The molecule has 6 heteroatoms. The van der Waals surface area contributed by atoms with E-state index in [4.69, 9.17) is 16.0 Å². The fourth-order valence-electron chi connectivity index (χ4n) is 1.69. The molecule has 2 atom stereocenters. The van der Waals surface area contributed by atoms with Gasteiger partial charge in [0.05, 0.1) is 7.11 Å². The molecular formula is C14H13ClO5. The molecule has 0 aliphatic heterocycles. The van der Waals surface area contributed by atoms with Crippen molar-refractivity contribution in [3.63, 3.8) is 0 Å². The van der Waals surface area contributed by atoms with Crippen LogP contribution in [0.25, 0.3) is 11.3 Å². The Bertz CT molecular complexity index is 590. The molecule has 2 N–H and O–H groups in total. The van der Waals surface area contributed by atoms with E-state index >= 15 is 0 Å². The van der Waals surface area contributed by atoms with Crippen LogP contribution in [-0.4, -0.2) is 29.4 Å². The van der Waals surface area contributed by atoms with Crippen molar-refractivity contribution < 1.29 is 24.2 Å². The maximum absolute atomic E-state index is 11.2.